The number of ether oxygens (including phenoxy) is 1. The molecule has 0 saturated heterocycles. The van der Waals surface area contributed by atoms with E-state index in [9.17, 15) is 0 Å². The number of hydrogen-bond donors (Lipinski definition) is 2. The molecule has 3 rings (SSSR count). The summed E-state index contributed by atoms with van der Waals surface area (Å²) in [4.78, 5) is 0. The molecule has 0 bridgehead atoms. The zero-order chi connectivity index (χ0) is 13.2. The minimum Gasteiger partial charge on any atom is -0.493 e. The molecule has 1 aliphatic carbocycles. The molecule has 1 atom stereocenters. The molecule has 1 aromatic carbocycles. The molecule has 3 heteroatoms. The van der Waals surface area contributed by atoms with Gasteiger partial charge in [-0.15, -0.1) is 0 Å². The van der Waals surface area contributed by atoms with Crippen LogP contribution in [0, 0.1) is 5.92 Å². The second-order valence-electron chi connectivity index (χ2n) is 6.02. The Hall–Kier alpha value is -1.06. The van der Waals surface area contributed by atoms with E-state index in [0.717, 1.165) is 50.9 Å². The Labute approximate surface area is 115 Å². The highest BCUT2D eigenvalue weighted by Crippen LogP contribution is 2.35. The zero-order valence-corrected chi connectivity index (χ0v) is 11.5. The summed E-state index contributed by atoms with van der Waals surface area (Å²) in [5.41, 5.74) is 15.0. The fraction of sp³-hybridized carbons (Fsp3) is 0.625. The zero-order valence-electron chi connectivity index (χ0n) is 11.5. The highest BCUT2D eigenvalue weighted by Gasteiger charge is 2.25. The largest absolute Gasteiger partial charge is 0.493 e. The molecule has 0 spiro atoms. The SMILES string of the molecule is NC1CCC(C(N)c2ccc3c(c2)CCCO3)CC1. The van der Waals surface area contributed by atoms with E-state index in [1.54, 1.807) is 0 Å². The molecular formula is C16H24N2O. The van der Waals surface area contributed by atoms with Gasteiger partial charge in [-0.25, -0.2) is 0 Å². The molecule has 104 valence electrons. The minimum absolute atomic E-state index is 0.153. The van der Waals surface area contributed by atoms with Crippen molar-refractivity contribution in [2.24, 2.45) is 17.4 Å². The summed E-state index contributed by atoms with van der Waals surface area (Å²) in [5.74, 6) is 1.63. The molecule has 4 N–H and O–H groups in total. The second kappa shape index (κ2) is 5.51. The standard InChI is InChI=1S/C16H24N2O/c17-14-6-3-11(4-7-14)16(18)13-5-8-15-12(10-13)2-1-9-19-15/h5,8,10-11,14,16H,1-4,6-7,9,17-18H2. The first kappa shape index (κ1) is 12.9. The van der Waals surface area contributed by atoms with Crippen molar-refractivity contribution in [3.8, 4) is 5.75 Å². The summed E-state index contributed by atoms with van der Waals surface area (Å²) in [6.45, 7) is 0.846. The number of rotatable bonds is 2. The molecule has 0 aromatic heterocycles. The Balaban J connectivity index is 1.74. The topological polar surface area (TPSA) is 61.3 Å². The first-order chi connectivity index (χ1) is 9.24. The Bertz CT molecular complexity index is 438. The predicted octanol–water partition coefficient (Wildman–Crippen LogP) is 2.53. The fourth-order valence-corrected chi connectivity index (χ4v) is 3.36. The van der Waals surface area contributed by atoms with Gasteiger partial charge in [-0.05, 0) is 61.6 Å². The molecule has 1 aliphatic heterocycles. The molecule has 1 saturated carbocycles. The summed E-state index contributed by atoms with van der Waals surface area (Å²) in [6, 6.07) is 7.04. The van der Waals surface area contributed by atoms with Gasteiger partial charge in [0.25, 0.3) is 0 Å². The van der Waals surface area contributed by atoms with Crippen LogP contribution in [0.25, 0.3) is 0 Å². The first-order valence-corrected chi connectivity index (χ1v) is 7.51. The minimum atomic E-state index is 0.153. The van der Waals surface area contributed by atoms with E-state index in [-0.39, 0.29) is 6.04 Å². The van der Waals surface area contributed by atoms with Crippen molar-refractivity contribution >= 4 is 0 Å². The third-order valence-electron chi connectivity index (χ3n) is 4.64. The Morgan fingerprint density at radius 2 is 1.95 bits per heavy atom. The van der Waals surface area contributed by atoms with Crippen LogP contribution in [0.5, 0.6) is 5.75 Å². The van der Waals surface area contributed by atoms with Gasteiger partial charge in [0.1, 0.15) is 5.75 Å². The molecule has 0 amide bonds. The Morgan fingerprint density at radius 1 is 1.16 bits per heavy atom. The third kappa shape index (κ3) is 2.77. The summed E-state index contributed by atoms with van der Waals surface area (Å²) < 4.78 is 5.66. The maximum absolute atomic E-state index is 6.47. The van der Waals surface area contributed by atoms with Crippen LogP contribution in [0.3, 0.4) is 0 Å². The van der Waals surface area contributed by atoms with E-state index in [0.29, 0.717) is 12.0 Å². The lowest BCUT2D eigenvalue weighted by Gasteiger charge is -2.31. The third-order valence-corrected chi connectivity index (χ3v) is 4.64. The van der Waals surface area contributed by atoms with Gasteiger partial charge in [0.05, 0.1) is 6.61 Å². The fourth-order valence-electron chi connectivity index (χ4n) is 3.36. The van der Waals surface area contributed by atoms with E-state index >= 15 is 0 Å². The van der Waals surface area contributed by atoms with E-state index in [1.165, 1.54) is 11.1 Å². The Kier molecular flexibility index (Phi) is 3.76. The predicted molar refractivity (Wildman–Crippen MR) is 77.1 cm³/mol. The quantitative estimate of drug-likeness (QED) is 0.859. The maximum atomic E-state index is 6.47. The molecule has 1 heterocycles. The van der Waals surface area contributed by atoms with E-state index in [1.807, 2.05) is 0 Å². The van der Waals surface area contributed by atoms with Crippen molar-refractivity contribution in [3.63, 3.8) is 0 Å². The second-order valence-corrected chi connectivity index (χ2v) is 6.02. The van der Waals surface area contributed by atoms with Crippen molar-refractivity contribution in [1.82, 2.24) is 0 Å². The van der Waals surface area contributed by atoms with Crippen LogP contribution in [0.2, 0.25) is 0 Å². The van der Waals surface area contributed by atoms with Gasteiger partial charge in [-0.3, -0.25) is 0 Å². The number of hydrogen-bond acceptors (Lipinski definition) is 3. The average Bonchev–Trinajstić information content (AvgIpc) is 2.47. The van der Waals surface area contributed by atoms with Gasteiger partial charge in [-0.1, -0.05) is 12.1 Å². The Morgan fingerprint density at radius 3 is 2.74 bits per heavy atom. The summed E-state index contributed by atoms with van der Waals surface area (Å²) in [5, 5.41) is 0. The van der Waals surface area contributed by atoms with Crippen LogP contribution in [0.4, 0.5) is 0 Å². The van der Waals surface area contributed by atoms with Crippen molar-refractivity contribution < 1.29 is 4.74 Å². The lowest BCUT2D eigenvalue weighted by atomic mass is 9.79. The van der Waals surface area contributed by atoms with Gasteiger partial charge in [0.2, 0.25) is 0 Å². The average molecular weight is 260 g/mol. The summed E-state index contributed by atoms with van der Waals surface area (Å²) in [6.07, 6.45) is 6.79. The molecule has 0 radical (unpaired) electrons. The van der Waals surface area contributed by atoms with E-state index in [4.69, 9.17) is 16.2 Å². The lowest BCUT2D eigenvalue weighted by molar-refractivity contribution is 0.280. The van der Waals surface area contributed by atoms with Crippen LogP contribution >= 0.6 is 0 Å². The van der Waals surface area contributed by atoms with Crippen LogP contribution in [0.1, 0.15) is 49.3 Å². The first-order valence-electron chi connectivity index (χ1n) is 7.51. The van der Waals surface area contributed by atoms with Gasteiger partial charge in [0.15, 0.2) is 0 Å². The van der Waals surface area contributed by atoms with E-state index in [2.05, 4.69) is 18.2 Å². The van der Waals surface area contributed by atoms with E-state index < -0.39 is 0 Å². The molecule has 1 fully saturated rings. The van der Waals surface area contributed by atoms with Crippen LogP contribution < -0.4 is 16.2 Å². The van der Waals surface area contributed by atoms with Crippen molar-refractivity contribution in [1.29, 1.82) is 0 Å². The molecule has 19 heavy (non-hydrogen) atoms. The maximum Gasteiger partial charge on any atom is 0.122 e. The summed E-state index contributed by atoms with van der Waals surface area (Å²) in [7, 11) is 0. The van der Waals surface area contributed by atoms with Gasteiger partial charge < -0.3 is 16.2 Å². The van der Waals surface area contributed by atoms with Crippen LogP contribution in [0.15, 0.2) is 18.2 Å². The number of benzene rings is 1. The summed E-state index contributed by atoms with van der Waals surface area (Å²) >= 11 is 0. The van der Waals surface area contributed by atoms with Crippen molar-refractivity contribution in [3.05, 3.63) is 29.3 Å². The molecule has 1 aromatic rings. The van der Waals surface area contributed by atoms with Crippen molar-refractivity contribution in [2.45, 2.75) is 50.6 Å². The molecular weight excluding hydrogens is 236 g/mol. The normalized spacial score (nSPS) is 28.3. The van der Waals surface area contributed by atoms with Gasteiger partial charge in [-0.2, -0.15) is 0 Å². The number of fused-ring (bicyclic) bond motifs is 1. The lowest BCUT2D eigenvalue weighted by Crippen LogP contribution is -2.31. The molecule has 1 unspecified atom stereocenters. The molecule has 3 nitrogen and oxygen atoms in total. The van der Waals surface area contributed by atoms with Crippen LogP contribution in [-0.2, 0) is 6.42 Å². The van der Waals surface area contributed by atoms with Crippen LogP contribution in [-0.4, -0.2) is 12.6 Å². The van der Waals surface area contributed by atoms with Crippen molar-refractivity contribution in [2.75, 3.05) is 6.61 Å². The highest BCUT2D eigenvalue weighted by molar-refractivity contribution is 5.39. The van der Waals surface area contributed by atoms with Gasteiger partial charge in [0, 0.05) is 12.1 Å². The number of aryl methyl sites for hydroxylation is 1. The van der Waals surface area contributed by atoms with Gasteiger partial charge >= 0.3 is 0 Å². The molecule has 2 aliphatic rings. The highest BCUT2D eigenvalue weighted by atomic mass is 16.5. The number of nitrogens with two attached hydrogens (primary N) is 2. The monoisotopic (exact) mass is 260 g/mol. The smallest absolute Gasteiger partial charge is 0.122 e.